The van der Waals surface area contributed by atoms with Gasteiger partial charge in [0.15, 0.2) is 0 Å². The molecule has 1 saturated heterocycles. The molecule has 1 heterocycles. The summed E-state index contributed by atoms with van der Waals surface area (Å²) in [5.41, 5.74) is 0.667. The maximum Gasteiger partial charge on any atom is 0.334 e. The number of rotatable bonds is 5. The molecule has 0 spiro atoms. The second-order valence-corrected chi connectivity index (χ2v) is 4.63. The third kappa shape index (κ3) is 3.11. The van der Waals surface area contributed by atoms with Crippen LogP contribution in [0.2, 0.25) is 0 Å². The van der Waals surface area contributed by atoms with Gasteiger partial charge in [-0.25, -0.2) is 14.1 Å². The Bertz CT molecular complexity index is 629. The first-order valence-electron chi connectivity index (χ1n) is 6.62. The molecule has 116 valence electrons. The minimum atomic E-state index is -1.01. The lowest BCUT2D eigenvalue weighted by molar-refractivity contribution is -0.143. The molecule has 0 bridgehead atoms. The van der Waals surface area contributed by atoms with Gasteiger partial charge in [0.05, 0.1) is 0 Å². The lowest BCUT2D eigenvalue weighted by atomic mass is 10.2. The first kappa shape index (κ1) is 15.6. The van der Waals surface area contributed by atoms with Gasteiger partial charge in [-0.1, -0.05) is 12.1 Å². The van der Waals surface area contributed by atoms with E-state index in [0.29, 0.717) is 10.5 Å². The molecule has 8 heteroatoms. The third-order valence-electron chi connectivity index (χ3n) is 3.16. The highest BCUT2D eigenvalue weighted by molar-refractivity contribution is 6.45. The number of imide groups is 2. The Morgan fingerprint density at radius 1 is 1.09 bits per heavy atom. The van der Waals surface area contributed by atoms with Crippen LogP contribution >= 0.6 is 0 Å². The van der Waals surface area contributed by atoms with Crippen molar-refractivity contribution in [2.75, 3.05) is 13.1 Å². The second-order valence-electron chi connectivity index (χ2n) is 4.63. The molecule has 5 amide bonds. The lowest BCUT2D eigenvalue weighted by Crippen LogP contribution is -2.41. The Morgan fingerprint density at radius 2 is 1.68 bits per heavy atom. The van der Waals surface area contributed by atoms with Gasteiger partial charge < -0.3 is 5.32 Å². The van der Waals surface area contributed by atoms with E-state index in [4.69, 9.17) is 0 Å². The number of urea groups is 1. The summed E-state index contributed by atoms with van der Waals surface area (Å²) >= 11 is 0. The number of nitrogens with zero attached hydrogens (tertiary/aromatic N) is 2. The number of likely N-dealkylation sites (N-methyl/N-ethyl adjacent to an activating group) is 1. The molecule has 0 unspecified atom stereocenters. The molecule has 1 aromatic carbocycles. The molecule has 0 saturated carbocycles. The van der Waals surface area contributed by atoms with Gasteiger partial charge in [0.1, 0.15) is 12.4 Å². The fourth-order valence-corrected chi connectivity index (χ4v) is 1.97. The summed E-state index contributed by atoms with van der Waals surface area (Å²) in [6.07, 6.45) is 0. The van der Waals surface area contributed by atoms with Crippen LogP contribution in [0.3, 0.4) is 0 Å². The molecule has 7 nitrogen and oxygen atoms in total. The molecule has 1 fully saturated rings. The molecule has 0 aromatic heterocycles. The number of nitrogens with one attached hydrogen (secondary N) is 1. The molecule has 0 radical (unpaired) electrons. The highest BCUT2D eigenvalue weighted by Gasteiger charge is 2.44. The van der Waals surface area contributed by atoms with E-state index < -0.39 is 30.3 Å². The van der Waals surface area contributed by atoms with E-state index in [1.807, 2.05) is 0 Å². The summed E-state index contributed by atoms with van der Waals surface area (Å²) in [5, 5.41) is 2.50. The molecule has 22 heavy (non-hydrogen) atoms. The first-order chi connectivity index (χ1) is 10.4. The Kier molecular flexibility index (Phi) is 4.50. The van der Waals surface area contributed by atoms with Crippen LogP contribution in [0.25, 0.3) is 0 Å². The van der Waals surface area contributed by atoms with Crippen molar-refractivity contribution in [3.05, 3.63) is 35.6 Å². The quantitative estimate of drug-likeness (QED) is 0.624. The van der Waals surface area contributed by atoms with E-state index >= 15 is 0 Å². The summed E-state index contributed by atoms with van der Waals surface area (Å²) in [4.78, 5) is 48.1. The average Bonchev–Trinajstić information content (AvgIpc) is 2.70. The zero-order valence-electron chi connectivity index (χ0n) is 11.8. The lowest BCUT2D eigenvalue weighted by Gasteiger charge is -2.13. The highest BCUT2D eigenvalue weighted by atomic mass is 19.1. The fourth-order valence-electron chi connectivity index (χ4n) is 1.97. The highest BCUT2D eigenvalue weighted by Crippen LogP contribution is 2.11. The molecule has 2 rings (SSSR count). The molecule has 1 aliphatic rings. The van der Waals surface area contributed by atoms with Gasteiger partial charge in [-0.2, -0.15) is 0 Å². The van der Waals surface area contributed by atoms with Crippen LogP contribution in [0.1, 0.15) is 12.5 Å². The summed E-state index contributed by atoms with van der Waals surface area (Å²) < 4.78 is 12.7. The summed E-state index contributed by atoms with van der Waals surface area (Å²) in [6.45, 7) is 1.22. The number of hydrogen-bond acceptors (Lipinski definition) is 4. The second kappa shape index (κ2) is 6.33. The normalized spacial score (nSPS) is 14.7. The Balaban J connectivity index is 1.92. The smallest absolute Gasteiger partial charge is 0.334 e. The maximum absolute atomic E-state index is 12.7. The third-order valence-corrected chi connectivity index (χ3v) is 3.16. The van der Waals surface area contributed by atoms with Gasteiger partial charge in [0.2, 0.25) is 5.91 Å². The number of hydrogen-bond donors (Lipinski definition) is 1. The number of carbonyl (C=O) groups is 4. The van der Waals surface area contributed by atoms with Crippen LogP contribution in [0.5, 0.6) is 0 Å². The van der Waals surface area contributed by atoms with Crippen LogP contribution in [0.15, 0.2) is 24.3 Å². The van der Waals surface area contributed by atoms with Crippen molar-refractivity contribution >= 4 is 23.8 Å². The van der Waals surface area contributed by atoms with Gasteiger partial charge >= 0.3 is 17.8 Å². The van der Waals surface area contributed by atoms with Crippen LogP contribution in [-0.2, 0) is 20.9 Å². The number of carbonyl (C=O) groups excluding carboxylic acids is 4. The zero-order valence-corrected chi connectivity index (χ0v) is 11.8. The molecule has 0 aliphatic carbocycles. The molecule has 1 N–H and O–H groups in total. The van der Waals surface area contributed by atoms with E-state index in [9.17, 15) is 23.6 Å². The van der Waals surface area contributed by atoms with Crippen LogP contribution in [0.4, 0.5) is 9.18 Å². The number of halogens is 1. The van der Waals surface area contributed by atoms with Gasteiger partial charge in [0.25, 0.3) is 0 Å². The molecule has 0 atom stereocenters. The molecule has 1 aliphatic heterocycles. The summed E-state index contributed by atoms with van der Waals surface area (Å²) in [7, 11) is 0. The van der Waals surface area contributed by atoms with Crippen molar-refractivity contribution in [2.24, 2.45) is 0 Å². The fraction of sp³-hybridized carbons (Fsp3) is 0.286. The van der Waals surface area contributed by atoms with Gasteiger partial charge in [-0.15, -0.1) is 0 Å². The van der Waals surface area contributed by atoms with Crippen LogP contribution in [-0.4, -0.2) is 46.6 Å². The molecular weight excluding hydrogens is 293 g/mol. The Labute approximate surface area is 125 Å². The standard InChI is InChI=1S/C14H14FN3O4/c1-2-17-12(20)13(21)18(14(17)22)8-11(19)16-7-9-3-5-10(15)6-4-9/h3-6H,2,7-8H2,1H3,(H,16,19). The van der Waals surface area contributed by atoms with Crippen LogP contribution in [0, 0.1) is 5.82 Å². The van der Waals surface area contributed by atoms with E-state index in [0.717, 1.165) is 4.90 Å². The van der Waals surface area contributed by atoms with E-state index in [-0.39, 0.29) is 18.9 Å². The predicted octanol–water partition coefficient (Wildman–Crippen LogP) is 0.253. The van der Waals surface area contributed by atoms with Gasteiger partial charge in [0, 0.05) is 13.1 Å². The minimum Gasteiger partial charge on any atom is -0.350 e. The first-order valence-corrected chi connectivity index (χ1v) is 6.62. The van der Waals surface area contributed by atoms with E-state index in [2.05, 4.69) is 5.32 Å². The monoisotopic (exact) mass is 307 g/mol. The Hall–Kier alpha value is -2.77. The predicted molar refractivity (Wildman–Crippen MR) is 72.7 cm³/mol. The van der Waals surface area contributed by atoms with Gasteiger partial charge in [-0.3, -0.25) is 19.3 Å². The maximum atomic E-state index is 12.7. The van der Waals surface area contributed by atoms with Crippen molar-refractivity contribution in [1.82, 2.24) is 15.1 Å². The minimum absolute atomic E-state index is 0.0666. The van der Waals surface area contributed by atoms with Crippen molar-refractivity contribution < 1.29 is 23.6 Å². The van der Waals surface area contributed by atoms with Crippen LogP contribution < -0.4 is 5.32 Å². The zero-order chi connectivity index (χ0) is 16.3. The SMILES string of the molecule is CCN1C(=O)C(=O)N(CC(=O)NCc2ccc(F)cc2)C1=O. The Morgan fingerprint density at radius 3 is 2.23 bits per heavy atom. The molecule has 1 aromatic rings. The molecular formula is C14H14FN3O4. The number of amides is 5. The van der Waals surface area contributed by atoms with Crippen molar-refractivity contribution in [3.63, 3.8) is 0 Å². The van der Waals surface area contributed by atoms with Crippen molar-refractivity contribution in [3.8, 4) is 0 Å². The van der Waals surface area contributed by atoms with Gasteiger partial charge in [-0.05, 0) is 24.6 Å². The van der Waals surface area contributed by atoms with Crippen molar-refractivity contribution in [2.45, 2.75) is 13.5 Å². The van der Waals surface area contributed by atoms with Crippen molar-refractivity contribution in [1.29, 1.82) is 0 Å². The topological polar surface area (TPSA) is 86.8 Å². The van der Waals surface area contributed by atoms with E-state index in [1.165, 1.54) is 24.3 Å². The van der Waals surface area contributed by atoms with E-state index in [1.54, 1.807) is 6.92 Å². The largest absolute Gasteiger partial charge is 0.350 e. The summed E-state index contributed by atoms with van der Waals surface area (Å²) in [5.74, 6) is -2.92. The summed E-state index contributed by atoms with van der Waals surface area (Å²) in [6, 6.07) is 4.72. The number of benzene rings is 1. The average molecular weight is 307 g/mol.